The molecule has 0 aromatic heterocycles. The number of rotatable bonds is 4. The molecule has 0 aliphatic heterocycles. The summed E-state index contributed by atoms with van der Waals surface area (Å²) in [5.41, 5.74) is 0. The first-order valence-corrected chi connectivity index (χ1v) is 6.80. The Morgan fingerprint density at radius 1 is 1.06 bits per heavy atom. The topological polar surface area (TPSA) is 29.1 Å². The van der Waals surface area contributed by atoms with Gasteiger partial charge in [0.15, 0.2) is 0 Å². The SMILES string of the molecule is CC(C)NC1CCCC(C(=O)C(C)C)CC1. The summed E-state index contributed by atoms with van der Waals surface area (Å²) in [6.07, 6.45) is 5.80. The highest BCUT2D eigenvalue weighted by Crippen LogP contribution is 2.26. The van der Waals surface area contributed by atoms with E-state index in [2.05, 4.69) is 19.2 Å². The molecule has 2 atom stereocenters. The predicted octanol–water partition coefficient (Wildman–Crippen LogP) is 3.16. The van der Waals surface area contributed by atoms with Gasteiger partial charge in [0.1, 0.15) is 5.78 Å². The third-order valence-corrected chi connectivity index (χ3v) is 3.51. The van der Waals surface area contributed by atoms with Gasteiger partial charge < -0.3 is 5.32 Å². The largest absolute Gasteiger partial charge is 0.312 e. The maximum absolute atomic E-state index is 12.0. The summed E-state index contributed by atoms with van der Waals surface area (Å²) in [5, 5.41) is 3.60. The van der Waals surface area contributed by atoms with Crippen molar-refractivity contribution >= 4 is 5.78 Å². The molecule has 0 aromatic carbocycles. The molecule has 0 amide bonds. The van der Waals surface area contributed by atoms with Crippen LogP contribution in [0, 0.1) is 11.8 Å². The Morgan fingerprint density at radius 2 is 1.75 bits per heavy atom. The van der Waals surface area contributed by atoms with Crippen LogP contribution in [0.25, 0.3) is 0 Å². The Labute approximate surface area is 100 Å². The molecular formula is C14H27NO. The fraction of sp³-hybridized carbons (Fsp3) is 0.929. The first-order valence-electron chi connectivity index (χ1n) is 6.80. The van der Waals surface area contributed by atoms with Gasteiger partial charge in [-0.1, -0.05) is 34.1 Å². The van der Waals surface area contributed by atoms with Gasteiger partial charge in [0.05, 0.1) is 0 Å². The quantitative estimate of drug-likeness (QED) is 0.745. The Balaban J connectivity index is 2.43. The van der Waals surface area contributed by atoms with Crippen LogP contribution < -0.4 is 5.32 Å². The lowest BCUT2D eigenvalue weighted by Crippen LogP contribution is -2.34. The third-order valence-electron chi connectivity index (χ3n) is 3.51. The lowest BCUT2D eigenvalue weighted by atomic mass is 9.89. The highest BCUT2D eigenvalue weighted by molar-refractivity contribution is 5.82. The summed E-state index contributed by atoms with van der Waals surface area (Å²) < 4.78 is 0. The zero-order chi connectivity index (χ0) is 12.1. The van der Waals surface area contributed by atoms with Crippen molar-refractivity contribution in [3.8, 4) is 0 Å². The molecule has 0 radical (unpaired) electrons. The minimum Gasteiger partial charge on any atom is -0.312 e. The van der Waals surface area contributed by atoms with Crippen molar-refractivity contribution in [2.75, 3.05) is 0 Å². The van der Waals surface area contributed by atoms with Gasteiger partial charge in [0, 0.05) is 23.9 Å². The molecule has 94 valence electrons. The summed E-state index contributed by atoms with van der Waals surface area (Å²) in [5.74, 6) is 1.02. The second-order valence-corrected chi connectivity index (χ2v) is 5.78. The molecule has 16 heavy (non-hydrogen) atoms. The highest BCUT2D eigenvalue weighted by atomic mass is 16.1. The summed E-state index contributed by atoms with van der Waals surface area (Å²) in [6, 6.07) is 1.19. The van der Waals surface area contributed by atoms with E-state index < -0.39 is 0 Å². The van der Waals surface area contributed by atoms with Gasteiger partial charge in [-0.2, -0.15) is 0 Å². The molecule has 0 bridgehead atoms. The lowest BCUT2D eigenvalue weighted by molar-refractivity contribution is -0.126. The summed E-state index contributed by atoms with van der Waals surface area (Å²) in [4.78, 5) is 12.0. The Bertz CT molecular complexity index is 223. The molecule has 1 N–H and O–H groups in total. The van der Waals surface area contributed by atoms with Gasteiger partial charge in [0.2, 0.25) is 0 Å². The van der Waals surface area contributed by atoms with E-state index in [0.717, 1.165) is 12.8 Å². The molecule has 2 heteroatoms. The van der Waals surface area contributed by atoms with Gasteiger partial charge in [-0.25, -0.2) is 0 Å². The number of hydrogen-bond donors (Lipinski definition) is 1. The van der Waals surface area contributed by atoms with E-state index in [9.17, 15) is 4.79 Å². The van der Waals surface area contributed by atoms with Crippen molar-refractivity contribution in [1.29, 1.82) is 0 Å². The Kier molecular flexibility index (Phi) is 5.47. The molecule has 1 saturated carbocycles. The Morgan fingerprint density at radius 3 is 2.31 bits per heavy atom. The smallest absolute Gasteiger partial charge is 0.138 e. The van der Waals surface area contributed by atoms with Gasteiger partial charge in [-0.05, 0) is 25.7 Å². The molecule has 0 spiro atoms. The van der Waals surface area contributed by atoms with E-state index in [1.54, 1.807) is 0 Å². The third kappa shape index (κ3) is 4.25. The maximum atomic E-state index is 12.0. The van der Waals surface area contributed by atoms with Crippen molar-refractivity contribution in [2.24, 2.45) is 11.8 Å². The maximum Gasteiger partial charge on any atom is 0.138 e. The molecule has 1 rings (SSSR count). The van der Waals surface area contributed by atoms with Crippen LogP contribution in [-0.4, -0.2) is 17.9 Å². The summed E-state index contributed by atoms with van der Waals surface area (Å²) >= 11 is 0. The van der Waals surface area contributed by atoms with Crippen LogP contribution in [0.15, 0.2) is 0 Å². The predicted molar refractivity (Wildman–Crippen MR) is 68.5 cm³/mol. The van der Waals surface area contributed by atoms with E-state index in [0.29, 0.717) is 23.8 Å². The average molecular weight is 225 g/mol. The zero-order valence-corrected chi connectivity index (χ0v) is 11.3. The van der Waals surface area contributed by atoms with E-state index in [1.165, 1.54) is 19.3 Å². The monoisotopic (exact) mass is 225 g/mol. The number of Topliss-reactive ketones (excluding diaryl/α,β-unsaturated/α-hetero) is 1. The molecule has 2 nitrogen and oxygen atoms in total. The van der Waals surface area contributed by atoms with Crippen molar-refractivity contribution in [1.82, 2.24) is 5.32 Å². The molecule has 1 aliphatic carbocycles. The summed E-state index contributed by atoms with van der Waals surface area (Å²) in [7, 11) is 0. The average Bonchev–Trinajstić information content (AvgIpc) is 2.41. The Hall–Kier alpha value is -0.370. The van der Waals surface area contributed by atoms with Crippen LogP contribution in [0.1, 0.15) is 59.8 Å². The first kappa shape index (κ1) is 13.7. The number of hydrogen-bond acceptors (Lipinski definition) is 2. The number of ketones is 1. The molecular weight excluding hydrogens is 198 g/mol. The van der Waals surface area contributed by atoms with E-state index in [1.807, 2.05) is 13.8 Å². The van der Waals surface area contributed by atoms with E-state index >= 15 is 0 Å². The number of carbonyl (C=O) groups is 1. The molecule has 2 unspecified atom stereocenters. The highest BCUT2D eigenvalue weighted by Gasteiger charge is 2.25. The van der Waals surface area contributed by atoms with Gasteiger partial charge in [-0.3, -0.25) is 4.79 Å². The number of carbonyl (C=O) groups excluding carboxylic acids is 1. The first-order chi connectivity index (χ1) is 7.50. The van der Waals surface area contributed by atoms with Crippen LogP contribution in [0.3, 0.4) is 0 Å². The van der Waals surface area contributed by atoms with Crippen molar-refractivity contribution in [3.63, 3.8) is 0 Å². The second-order valence-electron chi connectivity index (χ2n) is 5.78. The minimum absolute atomic E-state index is 0.208. The van der Waals surface area contributed by atoms with Crippen LogP contribution in [-0.2, 0) is 4.79 Å². The zero-order valence-electron chi connectivity index (χ0n) is 11.3. The second kappa shape index (κ2) is 6.39. The molecule has 1 aliphatic rings. The van der Waals surface area contributed by atoms with Gasteiger partial charge in [0.25, 0.3) is 0 Å². The van der Waals surface area contributed by atoms with Gasteiger partial charge in [-0.15, -0.1) is 0 Å². The summed E-state index contributed by atoms with van der Waals surface area (Å²) in [6.45, 7) is 8.44. The molecule has 0 saturated heterocycles. The van der Waals surface area contributed by atoms with Crippen molar-refractivity contribution in [3.05, 3.63) is 0 Å². The van der Waals surface area contributed by atoms with Crippen molar-refractivity contribution in [2.45, 2.75) is 71.9 Å². The van der Waals surface area contributed by atoms with Crippen LogP contribution in [0.5, 0.6) is 0 Å². The van der Waals surface area contributed by atoms with Gasteiger partial charge >= 0.3 is 0 Å². The lowest BCUT2D eigenvalue weighted by Gasteiger charge is -2.19. The fourth-order valence-corrected chi connectivity index (χ4v) is 2.70. The van der Waals surface area contributed by atoms with E-state index in [-0.39, 0.29) is 5.92 Å². The van der Waals surface area contributed by atoms with Crippen molar-refractivity contribution < 1.29 is 4.79 Å². The van der Waals surface area contributed by atoms with Crippen LogP contribution in [0.2, 0.25) is 0 Å². The molecule has 0 aromatic rings. The minimum atomic E-state index is 0.208. The molecule has 0 heterocycles. The van der Waals surface area contributed by atoms with Crippen LogP contribution in [0.4, 0.5) is 0 Å². The van der Waals surface area contributed by atoms with Crippen LogP contribution >= 0.6 is 0 Å². The number of nitrogens with one attached hydrogen (secondary N) is 1. The molecule has 1 fully saturated rings. The fourth-order valence-electron chi connectivity index (χ4n) is 2.70. The van der Waals surface area contributed by atoms with E-state index in [4.69, 9.17) is 0 Å². The normalized spacial score (nSPS) is 27.1. The standard InChI is InChI=1S/C14H27NO/c1-10(2)14(16)12-6-5-7-13(9-8-12)15-11(3)4/h10-13,15H,5-9H2,1-4H3.